The molecule has 27 heavy (non-hydrogen) atoms. The van der Waals surface area contributed by atoms with Crippen molar-refractivity contribution in [3.05, 3.63) is 51.4 Å². The van der Waals surface area contributed by atoms with E-state index < -0.39 is 0 Å². The maximum absolute atomic E-state index is 13.4. The number of hydrogen-bond acceptors (Lipinski definition) is 4. The van der Waals surface area contributed by atoms with Crippen LogP contribution in [0.1, 0.15) is 39.1 Å². The topological polar surface area (TPSA) is 38.1 Å². The number of aromatic nitrogens is 2. The van der Waals surface area contributed by atoms with Crippen molar-refractivity contribution in [3.63, 3.8) is 0 Å². The van der Waals surface area contributed by atoms with Crippen LogP contribution in [0.5, 0.6) is 0 Å². The van der Waals surface area contributed by atoms with Gasteiger partial charge in [-0.25, -0.2) is 4.98 Å². The van der Waals surface area contributed by atoms with Crippen LogP contribution in [0.3, 0.4) is 0 Å². The van der Waals surface area contributed by atoms with E-state index in [4.69, 9.17) is 4.98 Å². The Labute approximate surface area is 165 Å². The lowest BCUT2D eigenvalue weighted by molar-refractivity contribution is 0.287. The van der Waals surface area contributed by atoms with Gasteiger partial charge in [0.05, 0.1) is 5.39 Å². The van der Waals surface area contributed by atoms with E-state index in [9.17, 15) is 4.79 Å². The predicted molar refractivity (Wildman–Crippen MR) is 116 cm³/mol. The van der Waals surface area contributed by atoms with E-state index in [-0.39, 0.29) is 5.56 Å². The number of rotatable bonds is 8. The van der Waals surface area contributed by atoms with Gasteiger partial charge in [0.2, 0.25) is 0 Å². The number of aryl methyl sites for hydroxylation is 2. The minimum atomic E-state index is 0.0971. The molecule has 3 aromatic rings. The Balaban J connectivity index is 2.07. The summed E-state index contributed by atoms with van der Waals surface area (Å²) in [5.41, 5.74) is 3.51. The van der Waals surface area contributed by atoms with Crippen LogP contribution in [0, 0.1) is 0 Å². The molecule has 2 heterocycles. The third kappa shape index (κ3) is 3.99. The van der Waals surface area contributed by atoms with Gasteiger partial charge >= 0.3 is 0 Å². The van der Waals surface area contributed by atoms with E-state index in [2.05, 4.69) is 62.2 Å². The highest BCUT2D eigenvalue weighted by Crippen LogP contribution is 2.31. The van der Waals surface area contributed by atoms with E-state index in [1.54, 1.807) is 11.3 Å². The van der Waals surface area contributed by atoms with Crippen molar-refractivity contribution in [3.8, 4) is 11.1 Å². The van der Waals surface area contributed by atoms with Crippen LogP contribution < -0.4 is 5.56 Å². The van der Waals surface area contributed by atoms with Crippen LogP contribution in [0.4, 0.5) is 0 Å². The van der Waals surface area contributed by atoms with E-state index in [1.165, 1.54) is 5.56 Å². The molecular formula is C22H29N3OS. The molecule has 0 aliphatic carbocycles. The summed E-state index contributed by atoms with van der Waals surface area (Å²) in [6.07, 6.45) is 1.78. The van der Waals surface area contributed by atoms with Crippen molar-refractivity contribution in [1.29, 1.82) is 0 Å². The molecule has 0 amide bonds. The second-order valence-corrected chi connectivity index (χ2v) is 7.60. The Morgan fingerprint density at radius 3 is 2.33 bits per heavy atom. The molecule has 0 saturated carbocycles. The zero-order valence-electron chi connectivity index (χ0n) is 16.8. The summed E-state index contributed by atoms with van der Waals surface area (Å²) < 4.78 is 1.89. The van der Waals surface area contributed by atoms with Crippen molar-refractivity contribution >= 4 is 21.6 Å². The third-order valence-corrected chi connectivity index (χ3v) is 6.17. The molecule has 0 unspecified atom stereocenters. The van der Waals surface area contributed by atoms with Gasteiger partial charge in [0.1, 0.15) is 10.7 Å². The lowest BCUT2D eigenvalue weighted by atomic mass is 10.0. The largest absolute Gasteiger partial charge is 0.302 e. The summed E-state index contributed by atoms with van der Waals surface area (Å²) >= 11 is 1.57. The Morgan fingerprint density at radius 1 is 1.04 bits per heavy atom. The number of fused-ring (bicyclic) bond motifs is 1. The van der Waals surface area contributed by atoms with Crippen molar-refractivity contribution in [2.24, 2.45) is 0 Å². The normalized spacial score (nSPS) is 11.6. The predicted octanol–water partition coefficient (Wildman–Crippen LogP) is 4.59. The van der Waals surface area contributed by atoms with Gasteiger partial charge in [-0.15, -0.1) is 11.3 Å². The Kier molecular flexibility index (Phi) is 6.45. The lowest BCUT2D eigenvalue weighted by Crippen LogP contribution is -2.33. The van der Waals surface area contributed by atoms with E-state index in [0.29, 0.717) is 6.54 Å². The highest BCUT2D eigenvalue weighted by molar-refractivity contribution is 7.17. The fourth-order valence-electron chi connectivity index (χ4n) is 3.48. The number of hydrogen-bond donors (Lipinski definition) is 0. The molecule has 3 rings (SSSR count). The van der Waals surface area contributed by atoms with Gasteiger partial charge in [0.25, 0.3) is 5.56 Å². The van der Waals surface area contributed by atoms with Gasteiger partial charge in [0.15, 0.2) is 0 Å². The quantitative estimate of drug-likeness (QED) is 0.571. The third-order valence-electron chi connectivity index (χ3n) is 5.30. The fraction of sp³-hybridized carbons (Fsp3) is 0.455. The molecule has 0 spiro atoms. The Bertz CT molecular complexity index is 952. The summed E-state index contributed by atoms with van der Waals surface area (Å²) in [6, 6.07) is 8.53. The van der Waals surface area contributed by atoms with E-state index >= 15 is 0 Å². The Morgan fingerprint density at radius 2 is 1.74 bits per heavy atom. The van der Waals surface area contributed by atoms with Gasteiger partial charge in [-0.3, -0.25) is 9.36 Å². The first-order valence-electron chi connectivity index (χ1n) is 9.95. The highest BCUT2D eigenvalue weighted by atomic mass is 32.1. The van der Waals surface area contributed by atoms with Crippen LogP contribution in [0.25, 0.3) is 21.3 Å². The molecular weight excluding hydrogens is 354 g/mol. The summed E-state index contributed by atoms with van der Waals surface area (Å²) in [4.78, 5) is 21.4. The standard InChI is InChI=1S/C22H29N3OS/c1-5-16-9-11-17(12-10-16)18-15-27-21-20(18)22(26)25(19(6-2)23-21)14-13-24(7-3)8-4/h9-12,15H,5-8,13-14H2,1-4H3. The van der Waals surface area contributed by atoms with Crippen molar-refractivity contribution in [2.45, 2.75) is 47.1 Å². The minimum absolute atomic E-state index is 0.0971. The molecule has 4 nitrogen and oxygen atoms in total. The van der Waals surface area contributed by atoms with Crippen LogP contribution in [-0.2, 0) is 19.4 Å². The molecule has 0 atom stereocenters. The van der Waals surface area contributed by atoms with E-state index in [0.717, 1.165) is 59.6 Å². The Hall–Kier alpha value is -1.98. The van der Waals surface area contributed by atoms with Gasteiger partial charge in [0, 0.05) is 30.5 Å². The van der Waals surface area contributed by atoms with Gasteiger partial charge in [-0.05, 0) is 30.6 Å². The van der Waals surface area contributed by atoms with Crippen LogP contribution in [-0.4, -0.2) is 34.1 Å². The molecule has 0 N–H and O–H groups in total. The fourth-order valence-corrected chi connectivity index (χ4v) is 4.44. The maximum Gasteiger partial charge on any atom is 0.262 e. The van der Waals surface area contributed by atoms with E-state index in [1.807, 2.05) is 4.57 Å². The molecule has 0 aliphatic heterocycles. The average Bonchev–Trinajstić information content (AvgIpc) is 3.14. The summed E-state index contributed by atoms with van der Waals surface area (Å²) in [7, 11) is 0. The molecule has 0 bridgehead atoms. The average molecular weight is 384 g/mol. The summed E-state index contributed by atoms with van der Waals surface area (Å²) in [5, 5.41) is 2.84. The van der Waals surface area contributed by atoms with Crippen molar-refractivity contribution in [2.75, 3.05) is 19.6 Å². The zero-order chi connectivity index (χ0) is 19.4. The van der Waals surface area contributed by atoms with Crippen LogP contribution in [0.2, 0.25) is 0 Å². The number of benzene rings is 1. The first kappa shape index (κ1) is 19.8. The molecule has 0 aliphatic rings. The molecule has 0 radical (unpaired) electrons. The minimum Gasteiger partial charge on any atom is -0.302 e. The second kappa shape index (κ2) is 8.81. The van der Waals surface area contributed by atoms with Crippen LogP contribution in [0.15, 0.2) is 34.4 Å². The second-order valence-electron chi connectivity index (χ2n) is 6.75. The van der Waals surface area contributed by atoms with Gasteiger partial charge < -0.3 is 4.90 Å². The summed E-state index contributed by atoms with van der Waals surface area (Å²) in [5.74, 6) is 0.884. The number of thiophene rings is 1. The first-order valence-corrected chi connectivity index (χ1v) is 10.8. The molecule has 0 saturated heterocycles. The molecule has 5 heteroatoms. The van der Waals surface area contributed by atoms with Gasteiger partial charge in [-0.2, -0.15) is 0 Å². The number of likely N-dealkylation sites (N-methyl/N-ethyl adjacent to an activating group) is 1. The first-order chi connectivity index (χ1) is 13.1. The summed E-state index contributed by atoms with van der Waals surface area (Å²) in [6.45, 7) is 12.1. The number of nitrogens with zero attached hydrogens (tertiary/aromatic N) is 3. The van der Waals surface area contributed by atoms with Crippen LogP contribution >= 0.6 is 11.3 Å². The zero-order valence-corrected chi connectivity index (χ0v) is 17.6. The van der Waals surface area contributed by atoms with Crippen molar-refractivity contribution in [1.82, 2.24) is 14.5 Å². The molecule has 1 aromatic carbocycles. The SMILES string of the molecule is CCc1ccc(-c2csc3nc(CC)n(CCN(CC)CC)c(=O)c23)cc1. The van der Waals surface area contributed by atoms with Gasteiger partial charge in [-0.1, -0.05) is 52.0 Å². The maximum atomic E-state index is 13.4. The lowest BCUT2D eigenvalue weighted by Gasteiger charge is -2.19. The molecule has 144 valence electrons. The molecule has 2 aromatic heterocycles. The monoisotopic (exact) mass is 383 g/mol. The van der Waals surface area contributed by atoms with Crippen molar-refractivity contribution < 1.29 is 0 Å². The molecule has 0 fully saturated rings. The smallest absolute Gasteiger partial charge is 0.262 e. The highest BCUT2D eigenvalue weighted by Gasteiger charge is 2.16.